The third-order valence-corrected chi connectivity index (χ3v) is 4.47. The van der Waals surface area contributed by atoms with Gasteiger partial charge in [-0.15, -0.1) is 12.4 Å². The maximum atomic E-state index is 13.6. The largest absolute Gasteiger partial charge is 0.364 e. The Morgan fingerprint density at radius 1 is 1.11 bits per heavy atom. The first-order chi connectivity index (χ1) is 13.1. The highest BCUT2D eigenvalue weighted by molar-refractivity contribution is 5.96. The third kappa shape index (κ3) is 5.51. The summed E-state index contributed by atoms with van der Waals surface area (Å²) in [6.07, 6.45) is 0.850. The van der Waals surface area contributed by atoms with Gasteiger partial charge in [-0.25, -0.2) is 4.39 Å². The number of halogens is 2. The van der Waals surface area contributed by atoms with Gasteiger partial charge in [-0.05, 0) is 43.2 Å². The molecule has 28 heavy (non-hydrogen) atoms. The van der Waals surface area contributed by atoms with E-state index in [1.54, 1.807) is 42.5 Å². The summed E-state index contributed by atoms with van der Waals surface area (Å²) in [5.41, 5.74) is 6.96. The zero-order valence-electron chi connectivity index (χ0n) is 15.2. The molecule has 3 rings (SSSR count). The van der Waals surface area contributed by atoms with Crippen LogP contribution < -0.4 is 16.4 Å². The van der Waals surface area contributed by atoms with Crippen LogP contribution in [0.15, 0.2) is 48.5 Å². The van der Waals surface area contributed by atoms with Crippen LogP contribution in [0.3, 0.4) is 0 Å². The van der Waals surface area contributed by atoms with E-state index in [1.807, 2.05) is 0 Å². The Hall–Kier alpha value is -2.48. The number of ether oxygens (including phenoxy) is 1. The molecule has 2 aromatic rings. The topological polar surface area (TPSA) is 93.5 Å². The van der Waals surface area contributed by atoms with E-state index in [1.165, 1.54) is 6.07 Å². The second-order valence-electron chi connectivity index (χ2n) is 6.40. The fourth-order valence-electron chi connectivity index (χ4n) is 2.92. The lowest BCUT2D eigenvalue weighted by molar-refractivity contribution is -0.126. The third-order valence-electron chi connectivity index (χ3n) is 4.47. The van der Waals surface area contributed by atoms with E-state index in [-0.39, 0.29) is 42.7 Å². The second-order valence-corrected chi connectivity index (χ2v) is 6.40. The van der Waals surface area contributed by atoms with Gasteiger partial charge < -0.3 is 21.1 Å². The standard InChI is InChI=1S/C20H22FN3O3.ClH/c21-17-4-2-1-3-14(17)12-23-19(25)13-5-7-15(8-6-13)24-20(26)18-10-9-16(11-22)27-18;/h1-8,16,18H,9-12,22H2,(H,23,25)(H,24,26);1H/t16-,18+;/m1./s1. The minimum absolute atomic E-state index is 0. The van der Waals surface area contributed by atoms with Crippen LogP contribution in [0.25, 0.3) is 0 Å². The number of rotatable bonds is 6. The number of hydrogen-bond acceptors (Lipinski definition) is 4. The predicted molar refractivity (Wildman–Crippen MR) is 107 cm³/mol. The smallest absolute Gasteiger partial charge is 0.253 e. The lowest BCUT2D eigenvalue weighted by atomic mass is 10.1. The summed E-state index contributed by atoms with van der Waals surface area (Å²) >= 11 is 0. The summed E-state index contributed by atoms with van der Waals surface area (Å²) in [5, 5.41) is 5.45. The van der Waals surface area contributed by atoms with Gasteiger partial charge in [-0.2, -0.15) is 0 Å². The van der Waals surface area contributed by atoms with Crippen molar-refractivity contribution < 1.29 is 18.7 Å². The summed E-state index contributed by atoms with van der Waals surface area (Å²) in [5.74, 6) is -0.898. The number of anilines is 1. The van der Waals surface area contributed by atoms with Crippen LogP contribution in [0.1, 0.15) is 28.8 Å². The summed E-state index contributed by atoms with van der Waals surface area (Å²) < 4.78 is 19.1. The van der Waals surface area contributed by atoms with Crippen LogP contribution in [0.4, 0.5) is 10.1 Å². The number of amides is 2. The highest BCUT2D eigenvalue weighted by atomic mass is 35.5. The van der Waals surface area contributed by atoms with E-state index in [9.17, 15) is 14.0 Å². The maximum Gasteiger partial charge on any atom is 0.253 e. The first kappa shape index (κ1) is 21.8. The molecule has 1 aliphatic heterocycles. The van der Waals surface area contributed by atoms with E-state index in [2.05, 4.69) is 10.6 Å². The van der Waals surface area contributed by atoms with Crippen LogP contribution in [0, 0.1) is 5.82 Å². The van der Waals surface area contributed by atoms with Gasteiger partial charge >= 0.3 is 0 Å². The maximum absolute atomic E-state index is 13.6. The van der Waals surface area contributed by atoms with Crippen molar-refractivity contribution in [1.82, 2.24) is 5.32 Å². The average Bonchev–Trinajstić information content (AvgIpc) is 3.17. The first-order valence-corrected chi connectivity index (χ1v) is 8.85. The van der Waals surface area contributed by atoms with Crippen molar-refractivity contribution in [1.29, 1.82) is 0 Å². The quantitative estimate of drug-likeness (QED) is 0.686. The molecule has 0 unspecified atom stereocenters. The molecule has 2 atom stereocenters. The highest BCUT2D eigenvalue weighted by Crippen LogP contribution is 2.20. The number of carbonyl (C=O) groups excluding carboxylic acids is 2. The Balaban J connectivity index is 0.00000280. The van der Waals surface area contributed by atoms with E-state index in [0.717, 1.165) is 6.42 Å². The van der Waals surface area contributed by atoms with Crippen molar-refractivity contribution in [2.45, 2.75) is 31.6 Å². The van der Waals surface area contributed by atoms with Crippen LogP contribution in [-0.2, 0) is 16.1 Å². The minimum Gasteiger partial charge on any atom is -0.364 e. The van der Waals surface area contributed by atoms with Crippen molar-refractivity contribution in [2.75, 3.05) is 11.9 Å². The van der Waals surface area contributed by atoms with E-state index in [0.29, 0.717) is 29.8 Å². The van der Waals surface area contributed by atoms with Gasteiger partial charge in [0.25, 0.3) is 11.8 Å². The molecule has 0 saturated carbocycles. The van der Waals surface area contributed by atoms with Gasteiger partial charge in [0.1, 0.15) is 11.9 Å². The average molecular weight is 408 g/mol. The first-order valence-electron chi connectivity index (χ1n) is 8.85. The Kier molecular flexibility index (Phi) is 7.92. The Labute approximate surface area is 169 Å². The number of nitrogens with one attached hydrogen (secondary N) is 2. The molecule has 0 spiro atoms. The van der Waals surface area contributed by atoms with Gasteiger partial charge in [0.05, 0.1) is 6.10 Å². The number of hydrogen-bond donors (Lipinski definition) is 3. The van der Waals surface area contributed by atoms with Crippen LogP contribution in [0.2, 0.25) is 0 Å². The molecule has 1 fully saturated rings. The number of nitrogens with two attached hydrogens (primary N) is 1. The Bertz CT molecular complexity index is 817. The molecule has 8 heteroatoms. The molecule has 2 aromatic carbocycles. The summed E-state index contributed by atoms with van der Waals surface area (Å²) in [6, 6.07) is 12.8. The van der Waals surface area contributed by atoms with Crippen LogP contribution >= 0.6 is 12.4 Å². The summed E-state index contributed by atoms with van der Waals surface area (Å²) in [6.45, 7) is 0.506. The Morgan fingerprint density at radius 2 is 1.82 bits per heavy atom. The van der Waals surface area contributed by atoms with Crippen LogP contribution in [-0.4, -0.2) is 30.6 Å². The highest BCUT2D eigenvalue weighted by Gasteiger charge is 2.29. The summed E-state index contributed by atoms with van der Waals surface area (Å²) in [4.78, 5) is 24.4. The molecule has 1 saturated heterocycles. The lowest BCUT2D eigenvalue weighted by Crippen LogP contribution is -2.29. The van der Waals surface area contributed by atoms with E-state index >= 15 is 0 Å². The Morgan fingerprint density at radius 3 is 2.46 bits per heavy atom. The van der Waals surface area contributed by atoms with E-state index in [4.69, 9.17) is 10.5 Å². The van der Waals surface area contributed by atoms with Gasteiger partial charge in [0, 0.05) is 29.9 Å². The molecule has 1 aliphatic rings. The molecule has 0 aromatic heterocycles. The number of carbonyl (C=O) groups is 2. The summed E-state index contributed by atoms with van der Waals surface area (Å²) in [7, 11) is 0. The predicted octanol–water partition coefficient (Wildman–Crippen LogP) is 2.62. The monoisotopic (exact) mass is 407 g/mol. The molecule has 0 aliphatic carbocycles. The lowest BCUT2D eigenvalue weighted by Gasteiger charge is -2.13. The number of benzene rings is 2. The molecular formula is C20H23ClFN3O3. The van der Waals surface area contributed by atoms with Crippen molar-refractivity contribution >= 4 is 29.9 Å². The molecular weight excluding hydrogens is 385 g/mol. The van der Waals surface area contributed by atoms with Gasteiger partial charge in [0.15, 0.2) is 0 Å². The van der Waals surface area contributed by atoms with Crippen molar-refractivity contribution in [3.63, 3.8) is 0 Å². The van der Waals surface area contributed by atoms with Gasteiger partial charge in [-0.1, -0.05) is 18.2 Å². The molecule has 4 N–H and O–H groups in total. The molecule has 0 radical (unpaired) electrons. The fourth-order valence-corrected chi connectivity index (χ4v) is 2.92. The normalized spacial score (nSPS) is 18.2. The second kappa shape index (κ2) is 10.2. The molecule has 1 heterocycles. The fraction of sp³-hybridized carbons (Fsp3) is 0.300. The molecule has 2 amide bonds. The molecule has 6 nitrogen and oxygen atoms in total. The van der Waals surface area contributed by atoms with Crippen molar-refractivity contribution in [2.24, 2.45) is 5.73 Å². The van der Waals surface area contributed by atoms with Crippen molar-refractivity contribution in [3.05, 3.63) is 65.5 Å². The van der Waals surface area contributed by atoms with Crippen LogP contribution in [0.5, 0.6) is 0 Å². The van der Waals surface area contributed by atoms with Gasteiger partial charge in [0.2, 0.25) is 0 Å². The molecule has 150 valence electrons. The zero-order valence-corrected chi connectivity index (χ0v) is 16.0. The van der Waals surface area contributed by atoms with Crippen molar-refractivity contribution in [3.8, 4) is 0 Å². The zero-order chi connectivity index (χ0) is 19.2. The molecule has 0 bridgehead atoms. The van der Waals surface area contributed by atoms with Gasteiger partial charge in [-0.3, -0.25) is 9.59 Å². The minimum atomic E-state index is -0.498. The SMILES string of the molecule is Cl.NC[C@H]1CC[C@@H](C(=O)Nc2ccc(C(=O)NCc3ccccc3F)cc2)O1. The van der Waals surface area contributed by atoms with E-state index < -0.39 is 6.10 Å².